The van der Waals surface area contributed by atoms with E-state index in [1.165, 1.54) is 38.9 Å². The lowest BCUT2D eigenvalue weighted by Gasteiger charge is -1.99. The van der Waals surface area contributed by atoms with Crippen molar-refractivity contribution in [3.05, 3.63) is 59.2 Å². The number of H-pyrrole nitrogens is 1. The van der Waals surface area contributed by atoms with E-state index >= 15 is 0 Å². The standard InChI is InChI=1S/C17H17N/c1-11-4-8-14(9-5-11)16-10-15-12(2)6-7-13(3)17(15)18-16/h4-10,18H,1-3H3. The molecule has 1 aromatic heterocycles. The highest BCUT2D eigenvalue weighted by molar-refractivity contribution is 5.90. The lowest BCUT2D eigenvalue weighted by Crippen LogP contribution is -1.80. The zero-order chi connectivity index (χ0) is 12.7. The van der Waals surface area contributed by atoms with E-state index in [0.717, 1.165) is 0 Å². The van der Waals surface area contributed by atoms with Crippen molar-refractivity contribution >= 4 is 10.9 Å². The predicted molar refractivity (Wildman–Crippen MR) is 77.9 cm³/mol. The van der Waals surface area contributed by atoms with Gasteiger partial charge in [0.15, 0.2) is 0 Å². The summed E-state index contributed by atoms with van der Waals surface area (Å²) in [5.74, 6) is 0. The summed E-state index contributed by atoms with van der Waals surface area (Å²) >= 11 is 0. The number of hydrogen-bond donors (Lipinski definition) is 1. The molecule has 0 saturated heterocycles. The molecule has 0 aliphatic rings. The summed E-state index contributed by atoms with van der Waals surface area (Å²) in [6, 6.07) is 15.3. The van der Waals surface area contributed by atoms with Gasteiger partial charge in [-0.1, -0.05) is 42.0 Å². The molecule has 1 N–H and O–H groups in total. The molecule has 1 heterocycles. The van der Waals surface area contributed by atoms with Gasteiger partial charge in [0, 0.05) is 16.6 Å². The van der Waals surface area contributed by atoms with Crippen molar-refractivity contribution in [2.45, 2.75) is 20.8 Å². The van der Waals surface area contributed by atoms with Crippen LogP contribution in [0.15, 0.2) is 42.5 Å². The van der Waals surface area contributed by atoms with Gasteiger partial charge in [0.2, 0.25) is 0 Å². The van der Waals surface area contributed by atoms with Gasteiger partial charge in [-0.3, -0.25) is 0 Å². The van der Waals surface area contributed by atoms with Crippen LogP contribution in [-0.4, -0.2) is 4.98 Å². The molecule has 0 radical (unpaired) electrons. The van der Waals surface area contributed by atoms with Crippen molar-refractivity contribution in [1.29, 1.82) is 0 Å². The summed E-state index contributed by atoms with van der Waals surface area (Å²) in [5.41, 5.74) is 7.62. The fourth-order valence-corrected chi connectivity index (χ4v) is 2.39. The maximum atomic E-state index is 3.54. The van der Waals surface area contributed by atoms with E-state index in [1.54, 1.807) is 0 Å². The third-order valence-electron chi connectivity index (χ3n) is 3.58. The number of aryl methyl sites for hydroxylation is 3. The number of rotatable bonds is 1. The van der Waals surface area contributed by atoms with Gasteiger partial charge in [-0.2, -0.15) is 0 Å². The van der Waals surface area contributed by atoms with Crippen molar-refractivity contribution in [3.8, 4) is 11.3 Å². The Kier molecular flexibility index (Phi) is 2.48. The van der Waals surface area contributed by atoms with Gasteiger partial charge < -0.3 is 4.98 Å². The van der Waals surface area contributed by atoms with E-state index in [1.807, 2.05) is 0 Å². The lowest BCUT2D eigenvalue weighted by molar-refractivity contribution is 1.39. The second kappa shape index (κ2) is 4.02. The second-order valence-corrected chi connectivity index (χ2v) is 5.04. The number of nitrogens with one attached hydrogen (secondary N) is 1. The highest BCUT2D eigenvalue weighted by Crippen LogP contribution is 2.28. The smallest absolute Gasteiger partial charge is 0.0491 e. The molecule has 0 unspecified atom stereocenters. The average Bonchev–Trinajstić information content (AvgIpc) is 2.81. The maximum absolute atomic E-state index is 3.54. The zero-order valence-electron chi connectivity index (χ0n) is 11.0. The van der Waals surface area contributed by atoms with Gasteiger partial charge in [0.1, 0.15) is 0 Å². The van der Waals surface area contributed by atoms with Crippen LogP contribution in [0.2, 0.25) is 0 Å². The number of fused-ring (bicyclic) bond motifs is 1. The Morgan fingerprint density at radius 2 is 1.44 bits per heavy atom. The topological polar surface area (TPSA) is 15.8 Å². The van der Waals surface area contributed by atoms with Crippen LogP contribution in [-0.2, 0) is 0 Å². The fraction of sp³-hybridized carbons (Fsp3) is 0.176. The van der Waals surface area contributed by atoms with Crippen LogP contribution in [0.25, 0.3) is 22.2 Å². The van der Waals surface area contributed by atoms with E-state index in [0.29, 0.717) is 0 Å². The highest BCUT2D eigenvalue weighted by Gasteiger charge is 2.06. The van der Waals surface area contributed by atoms with E-state index in [2.05, 4.69) is 68.2 Å². The minimum atomic E-state index is 1.20. The van der Waals surface area contributed by atoms with Crippen LogP contribution >= 0.6 is 0 Å². The first-order valence-corrected chi connectivity index (χ1v) is 6.31. The number of aromatic amines is 1. The third-order valence-corrected chi connectivity index (χ3v) is 3.58. The Morgan fingerprint density at radius 1 is 0.778 bits per heavy atom. The zero-order valence-corrected chi connectivity index (χ0v) is 11.0. The molecular formula is C17H17N. The Hall–Kier alpha value is -2.02. The van der Waals surface area contributed by atoms with Crippen LogP contribution in [0, 0.1) is 20.8 Å². The molecule has 18 heavy (non-hydrogen) atoms. The Morgan fingerprint density at radius 3 is 2.11 bits per heavy atom. The molecule has 1 nitrogen and oxygen atoms in total. The van der Waals surface area contributed by atoms with Gasteiger partial charge in [-0.05, 0) is 43.5 Å². The molecule has 0 saturated carbocycles. The van der Waals surface area contributed by atoms with E-state index in [-0.39, 0.29) is 0 Å². The van der Waals surface area contributed by atoms with Crippen molar-refractivity contribution in [1.82, 2.24) is 4.98 Å². The number of benzene rings is 2. The monoisotopic (exact) mass is 235 g/mol. The van der Waals surface area contributed by atoms with Crippen molar-refractivity contribution in [3.63, 3.8) is 0 Å². The molecule has 0 amide bonds. The minimum Gasteiger partial charge on any atom is -0.354 e. The molecule has 0 spiro atoms. The summed E-state index contributed by atoms with van der Waals surface area (Å²) in [6.07, 6.45) is 0. The van der Waals surface area contributed by atoms with Gasteiger partial charge in [0.05, 0.1) is 0 Å². The van der Waals surface area contributed by atoms with Crippen LogP contribution in [0.4, 0.5) is 0 Å². The fourth-order valence-electron chi connectivity index (χ4n) is 2.39. The van der Waals surface area contributed by atoms with Gasteiger partial charge >= 0.3 is 0 Å². The first-order valence-electron chi connectivity index (χ1n) is 6.31. The molecule has 0 aliphatic carbocycles. The van der Waals surface area contributed by atoms with Crippen LogP contribution in [0.3, 0.4) is 0 Å². The van der Waals surface area contributed by atoms with Gasteiger partial charge in [-0.25, -0.2) is 0 Å². The lowest BCUT2D eigenvalue weighted by atomic mass is 10.1. The molecule has 2 aromatic carbocycles. The minimum absolute atomic E-state index is 1.20. The first kappa shape index (κ1) is 11.1. The van der Waals surface area contributed by atoms with E-state index in [9.17, 15) is 0 Å². The Balaban J connectivity index is 2.22. The molecule has 90 valence electrons. The molecule has 0 fully saturated rings. The van der Waals surface area contributed by atoms with Gasteiger partial charge in [-0.15, -0.1) is 0 Å². The predicted octanol–water partition coefficient (Wildman–Crippen LogP) is 4.76. The number of hydrogen-bond acceptors (Lipinski definition) is 0. The van der Waals surface area contributed by atoms with Crippen molar-refractivity contribution in [2.75, 3.05) is 0 Å². The molecule has 0 aliphatic heterocycles. The maximum Gasteiger partial charge on any atom is 0.0491 e. The highest BCUT2D eigenvalue weighted by atomic mass is 14.7. The summed E-state index contributed by atoms with van der Waals surface area (Å²) < 4.78 is 0. The van der Waals surface area contributed by atoms with Crippen LogP contribution in [0.5, 0.6) is 0 Å². The quantitative estimate of drug-likeness (QED) is 0.626. The molecule has 0 bridgehead atoms. The average molecular weight is 235 g/mol. The normalized spacial score (nSPS) is 11.1. The summed E-state index contributed by atoms with van der Waals surface area (Å²) in [7, 11) is 0. The Labute approximate surface area is 107 Å². The summed E-state index contributed by atoms with van der Waals surface area (Å²) in [4.78, 5) is 3.54. The SMILES string of the molecule is Cc1ccc(-c2cc3c(C)ccc(C)c3[nH]2)cc1. The second-order valence-electron chi connectivity index (χ2n) is 5.04. The molecule has 1 heteroatoms. The summed E-state index contributed by atoms with van der Waals surface area (Å²) in [6.45, 7) is 6.43. The van der Waals surface area contributed by atoms with Crippen molar-refractivity contribution in [2.24, 2.45) is 0 Å². The summed E-state index contributed by atoms with van der Waals surface area (Å²) in [5, 5.41) is 1.32. The van der Waals surface area contributed by atoms with Gasteiger partial charge in [0.25, 0.3) is 0 Å². The largest absolute Gasteiger partial charge is 0.354 e. The van der Waals surface area contributed by atoms with Crippen molar-refractivity contribution < 1.29 is 0 Å². The van der Waals surface area contributed by atoms with E-state index in [4.69, 9.17) is 0 Å². The first-order chi connectivity index (χ1) is 8.65. The third kappa shape index (κ3) is 1.72. The Bertz CT molecular complexity index is 663. The van der Waals surface area contributed by atoms with Crippen LogP contribution < -0.4 is 0 Å². The molecular weight excluding hydrogens is 218 g/mol. The van der Waals surface area contributed by atoms with E-state index < -0.39 is 0 Å². The molecule has 3 rings (SSSR count). The van der Waals surface area contributed by atoms with Crippen LogP contribution in [0.1, 0.15) is 16.7 Å². The number of aromatic nitrogens is 1. The molecule has 0 atom stereocenters. The molecule has 3 aromatic rings.